The molecule has 3 atom stereocenters. The number of hydrogen-bond acceptors (Lipinski definition) is 1. The van der Waals surface area contributed by atoms with Gasteiger partial charge in [-0.25, -0.2) is 0 Å². The number of hydrogen-bond donors (Lipinski definition) is 0. The first kappa shape index (κ1) is 23.2. The second kappa shape index (κ2) is 8.36. The van der Waals surface area contributed by atoms with E-state index in [9.17, 15) is 0 Å². The van der Waals surface area contributed by atoms with Crippen LogP contribution in [0.15, 0.2) is 152 Å². The highest BCUT2D eigenvalue weighted by Gasteiger charge is 2.55. The Balaban J connectivity index is 1.30. The van der Waals surface area contributed by atoms with Crippen molar-refractivity contribution in [3.05, 3.63) is 174 Å². The van der Waals surface area contributed by atoms with Crippen molar-refractivity contribution in [1.29, 1.82) is 0 Å². The molecule has 0 radical (unpaired) electrons. The monoisotopic (exact) mass is 549 g/mol. The second-order valence-corrected chi connectivity index (χ2v) is 12.0. The number of rotatable bonds is 1. The maximum absolute atomic E-state index is 6.95. The van der Waals surface area contributed by atoms with Gasteiger partial charge in [-0.1, -0.05) is 127 Å². The number of allylic oxidation sites excluding steroid dienone is 2. The Hall–Kier alpha value is -5.34. The van der Waals surface area contributed by atoms with E-state index < -0.39 is 5.41 Å². The van der Waals surface area contributed by atoms with Crippen molar-refractivity contribution in [2.45, 2.75) is 11.5 Å². The van der Waals surface area contributed by atoms with Crippen molar-refractivity contribution in [2.24, 2.45) is 5.92 Å². The Labute approximate surface area is 249 Å². The summed E-state index contributed by atoms with van der Waals surface area (Å²) in [4.78, 5) is 0. The molecule has 3 aliphatic rings. The van der Waals surface area contributed by atoms with Crippen molar-refractivity contribution in [2.75, 3.05) is 0 Å². The van der Waals surface area contributed by atoms with Gasteiger partial charge in [-0.15, -0.1) is 0 Å². The third kappa shape index (κ3) is 2.88. The van der Waals surface area contributed by atoms with Crippen LogP contribution in [0.5, 0.6) is 5.75 Å². The Morgan fingerprint density at radius 2 is 1.28 bits per heavy atom. The molecule has 0 bridgehead atoms. The van der Waals surface area contributed by atoms with Crippen LogP contribution in [0.3, 0.4) is 0 Å². The molecule has 10 rings (SSSR count). The highest BCUT2D eigenvalue weighted by molar-refractivity contribution is 6.12. The highest BCUT2D eigenvalue weighted by Crippen LogP contribution is 2.60. The van der Waals surface area contributed by atoms with Crippen molar-refractivity contribution >= 4 is 38.2 Å². The van der Waals surface area contributed by atoms with Crippen molar-refractivity contribution in [3.63, 3.8) is 0 Å². The smallest absolute Gasteiger partial charge is 0.125 e. The Bertz CT molecular complexity index is 2350. The van der Waals surface area contributed by atoms with Crippen LogP contribution in [0.4, 0.5) is 0 Å². The van der Waals surface area contributed by atoms with Crippen LogP contribution >= 0.6 is 0 Å². The Morgan fingerprint density at radius 3 is 2.23 bits per heavy atom. The van der Waals surface area contributed by atoms with E-state index in [4.69, 9.17) is 4.74 Å². The van der Waals surface area contributed by atoms with E-state index in [2.05, 4.69) is 156 Å². The number of nitrogens with zero attached hydrogens (tertiary/aromatic N) is 1. The predicted molar refractivity (Wildman–Crippen MR) is 176 cm³/mol. The van der Waals surface area contributed by atoms with Gasteiger partial charge in [-0.05, 0) is 57.3 Å². The lowest BCUT2D eigenvalue weighted by Gasteiger charge is -2.51. The van der Waals surface area contributed by atoms with Gasteiger partial charge in [0, 0.05) is 22.3 Å². The minimum absolute atomic E-state index is 0.0691. The number of aromatic nitrogens is 1. The normalized spacial score (nSPS) is 21.3. The first-order chi connectivity index (χ1) is 21.3. The van der Waals surface area contributed by atoms with Gasteiger partial charge in [-0.3, -0.25) is 0 Å². The third-order valence-corrected chi connectivity index (χ3v) is 10.0. The van der Waals surface area contributed by atoms with Gasteiger partial charge < -0.3 is 9.30 Å². The molecule has 3 heterocycles. The van der Waals surface area contributed by atoms with Gasteiger partial charge in [0.1, 0.15) is 11.9 Å². The van der Waals surface area contributed by atoms with E-state index in [1.165, 1.54) is 66.1 Å². The van der Waals surface area contributed by atoms with E-state index in [0.29, 0.717) is 0 Å². The largest absolute Gasteiger partial charge is 0.485 e. The third-order valence-electron chi connectivity index (χ3n) is 10.0. The molecule has 0 saturated heterocycles. The summed E-state index contributed by atoms with van der Waals surface area (Å²) >= 11 is 0. The lowest BCUT2D eigenvalue weighted by molar-refractivity contribution is 0.140. The van der Waals surface area contributed by atoms with E-state index in [1.807, 2.05) is 0 Å². The topological polar surface area (TPSA) is 14.2 Å². The van der Waals surface area contributed by atoms with Crippen LogP contribution in [0.2, 0.25) is 0 Å². The summed E-state index contributed by atoms with van der Waals surface area (Å²) in [5, 5.41) is 5.11. The fourth-order valence-corrected chi connectivity index (χ4v) is 8.41. The molecule has 0 fully saturated rings. The van der Waals surface area contributed by atoms with Crippen molar-refractivity contribution in [3.8, 4) is 11.4 Å². The maximum Gasteiger partial charge on any atom is 0.125 e. The predicted octanol–water partition coefficient (Wildman–Crippen LogP) is 9.62. The van der Waals surface area contributed by atoms with Crippen LogP contribution < -0.4 is 4.74 Å². The Kier molecular flexibility index (Phi) is 4.52. The molecule has 1 aliphatic carbocycles. The van der Waals surface area contributed by atoms with Crippen LogP contribution in [-0.4, -0.2) is 10.7 Å². The van der Waals surface area contributed by atoms with Crippen molar-refractivity contribution < 1.29 is 4.74 Å². The molecule has 7 aromatic rings. The summed E-state index contributed by atoms with van der Waals surface area (Å²) in [6, 6.07) is 48.7. The van der Waals surface area contributed by atoms with Crippen LogP contribution in [0.25, 0.3) is 43.8 Å². The summed E-state index contributed by atoms with van der Waals surface area (Å²) in [5.74, 6) is 1.03. The molecule has 1 aromatic heterocycles. The zero-order valence-electron chi connectivity index (χ0n) is 23.4. The SMILES string of the molecule is C1=CC2C(C=C1c1cccc3ccccc13)Oc1ccccc1C21c2ccccc2-n2c3ccccc3c3cccc1c32. The number of fused-ring (bicyclic) bond motifs is 12. The van der Waals surface area contributed by atoms with Crippen LogP contribution in [0.1, 0.15) is 22.3 Å². The average molecular weight is 550 g/mol. The molecule has 0 N–H and O–H groups in total. The van der Waals surface area contributed by atoms with E-state index in [0.717, 1.165) is 5.75 Å². The molecule has 202 valence electrons. The Morgan fingerprint density at radius 1 is 0.581 bits per heavy atom. The molecule has 2 nitrogen and oxygen atoms in total. The molecule has 2 aliphatic heterocycles. The molecule has 1 spiro atoms. The van der Waals surface area contributed by atoms with E-state index >= 15 is 0 Å². The number of benzene rings is 6. The van der Waals surface area contributed by atoms with E-state index in [1.54, 1.807) is 0 Å². The summed E-state index contributed by atoms with van der Waals surface area (Å²) in [6.45, 7) is 0. The first-order valence-corrected chi connectivity index (χ1v) is 15.1. The van der Waals surface area contributed by atoms with Crippen LogP contribution in [0, 0.1) is 5.92 Å². The van der Waals surface area contributed by atoms with Gasteiger partial charge >= 0.3 is 0 Å². The van der Waals surface area contributed by atoms with Gasteiger partial charge in [0.15, 0.2) is 0 Å². The summed E-state index contributed by atoms with van der Waals surface area (Å²) in [7, 11) is 0. The number of ether oxygens (including phenoxy) is 1. The standard InChI is InChI=1S/C41H27NO/c1-2-13-28-26(11-1)12-9-15-29(28)27-23-24-34-39(25-27)43-38-22-8-5-18-33(38)41(34)32-17-4-7-21-37(32)42-36-20-6-3-14-30(36)31-16-10-19-35(41)40(31)42/h1-25,34,39H. The molecule has 6 aromatic carbocycles. The fraction of sp³-hybridized carbons (Fsp3) is 0.0732. The zero-order chi connectivity index (χ0) is 28.1. The quantitative estimate of drug-likeness (QED) is 0.199. The molecular weight excluding hydrogens is 522 g/mol. The summed E-state index contributed by atoms with van der Waals surface area (Å²) in [5.41, 5.74) is 9.75. The first-order valence-electron chi connectivity index (χ1n) is 15.1. The molecule has 0 saturated carbocycles. The lowest BCUT2D eigenvalue weighted by atomic mass is 9.56. The second-order valence-electron chi connectivity index (χ2n) is 12.0. The maximum atomic E-state index is 6.95. The van der Waals surface area contributed by atoms with Crippen LogP contribution in [-0.2, 0) is 5.41 Å². The summed E-state index contributed by atoms with van der Waals surface area (Å²) < 4.78 is 9.45. The zero-order valence-corrected chi connectivity index (χ0v) is 23.4. The molecule has 2 heteroatoms. The molecule has 0 amide bonds. The molecular formula is C41H27NO. The molecule has 3 unspecified atom stereocenters. The van der Waals surface area contributed by atoms with E-state index in [-0.39, 0.29) is 12.0 Å². The van der Waals surface area contributed by atoms with Gasteiger partial charge in [-0.2, -0.15) is 0 Å². The minimum atomic E-state index is -0.419. The van der Waals surface area contributed by atoms with Gasteiger partial charge in [0.25, 0.3) is 0 Å². The average Bonchev–Trinajstić information content (AvgIpc) is 3.41. The lowest BCUT2D eigenvalue weighted by Crippen LogP contribution is -2.50. The van der Waals surface area contributed by atoms with Gasteiger partial charge in [0.05, 0.1) is 22.1 Å². The number of para-hydroxylation sites is 4. The highest BCUT2D eigenvalue weighted by atomic mass is 16.5. The van der Waals surface area contributed by atoms with Gasteiger partial charge in [0.2, 0.25) is 0 Å². The minimum Gasteiger partial charge on any atom is -0.485 e. The summed E-state index contributed by atoms with van der Waals surface area (Å²) in [6.07, 6.45) is 7.02. The fourth-order valence-electron chi connectivity index (χ4n) is 8.41. The van der Waals surface area contributed by atoms with Crippen molar-refractivity contribution in [1.82, 2.24) is 4.57 Å². The molecule has 43 heavy (non-hydrogen) atoms.